The van der Waals surface area contributed by atoms with E-state index in [1.165, 1.54) is 18.2 Å². The van der Waals surface area contributed by atoms with Crippen molar-refractivity contribution in [3.05, 3.63) is 48.0 Å². The molecule has 2 aromatic carbocycles. The summed E-state index contributed by atoms with van der Waals surface area (Å²) in [6.07, 6.45) is -4.72. The Bertz CT molecular complexity index is 818. The van der Waals surface area contributed by atoms with E-state index in [1.54, 1.807) is 24.3 Å². The van der Waals surface area contributed by atoms with Gasteiger partial charge in [0.2, 0.25) is 0 Å². The second-order valence-electron chi connectivity index (χ2n) is 4.26. The zero-order chi connectivity index (χ0) is 14.3. The number of fused-ring (bicyclic) bond motifs is 3. The van der Waals surface area contributed by atoms with Crippen LogP contribution in [-0.2, 0) is 0 Å². The summed E-state index contributed by atoms with van der Waals surface area (Å²) in [5.41, 5.74) is -0.465. The van der Waals surface area contributed by atoms with Gasteiger partial charge in [0.05, 0.1) is 0 Å². The number of nitrogens with zero attached hydrogens (tertiary/aromatic N) is 1. The Hall–Kier alpha value is -2.50. The molecule has 1 aromatic heterocycles. The molecule has 0 aliphatic rings. The Balaban J connectivity index is 2.27. The number of alkyl halides is 3. The largest absolute Gasteiger partial charge is 0.456 e. The molecular formula is C14H8F3NO2. The van der Waals surface area contributed by atoms with Gasteiger partial charge in [-0.2, -0.15) is 13.2 Å². The third-order valence-electron chi connectivity index (χ3n) is 3.02. The van der Waals surface area contributed by atoms with Crippen molar-refractivity contribution in [3.63, 3.8) is 0 Å². The topological polar surface area (TPSA) is 45.7 Å². The molecule has 102 valence electrons. The van der Waals surface area contributed by atoms with Crippen LogP contribution >= 0.6 is 0 Å². The van der Waals surface area contributed by atoms with Crippen LogP contribution in [0.2, 0.25) is 0 Å². The lowest BCUT2D eigenvalue weighted by Gasteiger charge is -2.08. The summed E-state index contributed by atoms with van der Waals surface area (Å²) in [4.78, 5) is 0. The van der Waals surface area contributed by atoms with Crippen molar-refractivity contribution in [2.75, 3.05) is 0 Å². The standard InChI is InChI=1S/C14H8F3NO2/c15-14(16,17)13(18-19)8-5-6-12-10(7-8)9-3-1-2-4-11(9)20-12/h1-7,19H/b18-13+. The van der Waals surface area contributed by atoms with Crippen molar-refractivity contribution in [2.45, 2.75) is 6.18 Å². The Morgan fingerprint density at radius 2 is 1.70 bits per heavy atom. The van der Waals surface area contributed by atoms with E-state index in [4.69, 9.17) is 9.62 Å². The fraction of sp³-hybridized carbons (Fsp3) is 0.0714. The second kappa shape index (κ2) is 4.26. The fourth-order valence-electron chi connectivity index (χ4n) is 2.15. The van der Waals surface area contributed by atoms with Gasteiger partial charge in [0.25, 0.3) is 0 Å². The van der Waals surface area contributed by atoms with Gasteiger partial charge in [-0.05, 0) is 24.3 Å². The summed E-state index contributed by atoms with van der Waals surface area (Å²) in [5.74, 6) is 0. The van der Waals surface area contributed by atoms with E-state index in [0.29, 0.717) is 21.9 Å². The number of hydrogen-bond donors (Lipinski definition) is 1. The van der Waals surface area contributed by atoms with Gasteiger partial charge in [0.1, 0.15) is 11.2 Å². The van der Waals surface area contributed by atoms with Crippen LogP contribution in [0.4, 0.5) is 13.2 Å². The third-order valence-corrected chi connectivity index (χ3v) is 3.02. The lowest BCUT2D eigenvalue weighted by atomic mass is 10.1. The summed E-state index contributed by atoms with van der Waals surface area (Å²) < 4.78 is 43.7. The number of hydrogen-bond acceptors (Lipinski definition) is 3. The Morgan fingerprint density at radius 1 is 1.00 bits per heavy atom. The number of para-hydroxylation sites is 1. The molecule has 1 heterocycles. The van der Waals surface area contributed by atoms with E-state index in [2.05, 4.69) is 5.16 Å². The minimum atomic E-state index is -4.72. The Morgan fingerprint density at radius 3 is 2.40 bits per heavy atom. The molecule has 0 fully saturated rings. The van der Waals surface area contributed by atoms with Crippen LogP contribution in [0.5, 0.6) is 0 Å². The van der Waals surface area contributed by atoms with Crippen molar-refractivity contribution >= 4 is 27.7 Å². The summed E-state index contributed by atoms with van der Waals surface area (Å²) in [7, 11) is 0. The normalized spacial score (nSPS) is 13.2. The second-order valence-corrected chi connectivity index (χ2v) is 4.26. The van der Waals surface area contributed by atoms with E-state index in [-0.39, 0.29) is 5.56 Å². The first-order valence-corrected chi connectivity index (χ1v) is 5.71. The molecule has 0 unspecified atom stereocenters. The quantitative estimate of drug-likeness (QED) is 0.409. The number of benzene rings is 2. The number of halogens is 3. The van der Waals surface area contributed by atoms with E-state index < -0.39 is 11.9 Å². The van der Waals surface area contributed by atoms with Gasteiger partial charge in [-0.1, -0.05) is 23.4 Å². The molecule has 0 saturated heterocycles. The van der Waals surface area contributed by atoms with E-state index in [9.17, 15) is 13.2 Å². The minimum Gasteiger partial charge on any atom is -0.456 e. The number of oxime groups is 1. The molecule has 3 nitrogen and oxygen atoms in total. The molecule has 0 radical (unpaired) electrons. The molecule has 0 amide bonds. The zero-order valence-electron chi connectivity index (χ0n) is 9.98. The zero-order valence-corrected chi connectivity index (χ0v) is 9.98. The molecule has 0 atom stereocenters. The van der Waals surface area contributed by atoms with Gasteiger partial charge in [0.15, 0.2) is 5.71 Å². The van der Waals surface area contributed by atoms with E-state index in [0.717, 1.165) is 0 Å². The highest BCUT2D eigenvalue weighted by Crippen LogP contribution is 2.31. The summed E-state index contributed by atoms with van der Waals surface area (Å²) in [6, 6.07) is 11.0. The fourth-order valence-corrected chi connectivity index (χ4v) is 2.15. The van der Waals surface area contributed by atoms with Gasteiger partial charge in [-0.3, -0.25) is 0 Å². The Labute approximate surface area is 110 Å². The number of furan rings is 1. The highest BCUT2D eigenvalue weighted by molar-refractivity contribution is 6.11. The molecule has 0 bridgehead atoms. The minimum absolute atomic E-state index is 0.209. The average Bonchev–Trinajstić information content (AvgIpc) is 2.76. The molecule has 3 rings (SSSR count). The van der Waals surface area contributed by atoms with E-state index >= 15 is 0 Å². The van der Waals surface area contributed by atoms with Gasteiger partial charge < -0.3 is 9.62 Å². The van der Waals surface area contributed by atoms with Crippen LogP contribution in [-0.4, -0.2) is 17.1 Å². The van der Waals surface area contributed by atoms with Crippen molar-refractivity contribution in [1.82, 2.24) is 0 Å². The molecule has 6 heteroatoms. The maximum Gasteiger partial charge on any atom is 0.437 e. The van der Waals surface area contributed by atoms with Crippen LogP contribution in [0.3, 0.4) is 0 Å². The monoisotopic (exact) mass is 279 g/mol. The Kier molecular flexibility index (Phi) is 2.67. The van der Waals surface area contributed by atoms with Crippen molar-refractivity contribution in [3.8, 4) is 0 Å². The smallest absolute Gasteiger partial charge is 0.437 e. The first-order chi connectivity index (χ1) is 9.50. The van der Waals surface area contributed by atoms with Crippen LogP contribution in [0.15, 0.2) is 52.0 Å². The van der Waals surface area contributed by atoms with Gasteiger partial charge in [-0.15, -0.1) is 0 Å². The lowest BCUT2D eigenvalue weighted by molar-refractivity contribution is -0.0601. The summed E-state index contributed by atoms with van der Waals surface area (Å²) in [6.45, 7) is 0. The van der Waals surface area contributed by atoms with Crippen LogP contribution in [0.25, 0.3) is 21.9 Å². The number of rotatable bonds is 1. The summed E-state index contributed by atoms with van der Waals surface area (Å²) >= 11 is 0. The van der Waals surface area contributed by atoms with Crippen molar-refractivity contribution < 1.29 is 22.8 Å². The van der Waals surface area contributed by atoms with Crippen LogP contribution in [0.1, 0.15) is 5.56 Å². The molecule has 0 aliphatic carbocycles. The van der Waals surface area contributed by atoms with Crippen molar-refractivity contribution in [1.29, 1.82) is 0 Å². The molecule has 0 saturated carbocycles. The molecule has 0 aliphatic heterocycles. The molecule has 3 aromatic rings. The SMILES string of the molecule is O/N=C(\c1ccc2oc3ccccc3c2c1)C(F)(F)F. The first kappa shape index (κ1) is 12.5. The predicted octanol–water partition coefficient (Wildman–Crippen LogP) is 4.33. The first-order valence-electron chi connectivity index (χ1n) is 5.71. The lowest BCUT2D eigenvalue weighted by Crippen LogP contribution is -2.23. The van der Waals surface area contributed by atoms with Gasteiger partial charge >= 0.3 is 6.18 Å². The molecule has 20 heavy (non-hydrogen) atoms. The van der Waals surface area contributed by atoms with Crippen LogP contribution < -0.4 is 0 Å². The maximum atomic E-state index is 12.7. The van der Waals surface area contributed by atoms with Crippen LogP contribution in [0, 0.1) is 0 Å². The molecule has 0 spiro atoms. The third kappa shape index (κ3) is 1.89. The molecule has 1 N–H and O–H groups in total. The van der Waals surface area contributed by atoms with Gasteiger partial charge in [-0.25, -0.2) is 0 Å². The van der Waals surface area contributed by atoms with E-state index in [1.807, 2.05) is 0 Å². The maximum absolute atomic E-state index is 12.7. The predicted molar refractivity (Wildman–Crippen MR) is 68.1 cm³/mol. The highest BCUT2D eigenvalue weighted by atomic mass is 19.4. The molecular weight excluding hydrogens is 271 g/mol. The van der Waals surface area contributed by atoms with Crippen molar-refractivity contribution in [2.24, 2.45) is 5.16 Å². The highest BCUT2D eigenvalue weighted by Gasteiger charge is 2.37. The van der Waals surface area contributed by atoms with Gasteiger partial charge in [0, 0.05) is 16.3 Å². The summed E-state index contributed by atoms with van der Waals surface area (Å²) in [5, 5.41) is 12.2. The average molecular weight is 279 g/mol.